The van der Waals surface area contributed by atoms with Crippen molar-refractivity contribution in [2.24, 2.45) is 0 Å². The molecule has 3 heterocycles. The van der Waals surface area contributed by atoms with Crippen LogP contribution in [0.5, 0.6) is 0 Å². The van der Waals surface area contributed by atoms with Gasteiger partial charge in [-0.25, -0.2) is 9.37 Å². The smallest absolute Gasteiger partial charge is 0.258 e. The molecule has 0 amide bonds. The first-order valence-electron chi connectivity index (χ1n) is 7.01. The van der Waals surface area contributed by atoms with E-state index in [1.165, 1.54) is 6.07 Å². The number of aromatic nitrogens is 2. The molecule has 2 aromatic heterocycles. The summed E-state index contributed by atoms with van der Waals surface area (Å²) in [6, 6.07) is 7.00. The first kappa shape index (κ1) is 14.2. The number of hydrogen-bond donors (Lipinski definition) is 1. The van der Waals surface area contributed by atoms with E-state index in [0.29, 0.717) is 30.9 Å². The van der Waals surface area contributed by atoms with Crippen LogP contribution in [0.1, 0.15) is 17.8 Å². The van der Waals surface area contributed by atoms with E-state index in [0.717, 1.165) is 5.69 Å². The summed E-state index contributed by atoms with van der Waals surface area (Å²) in [4.78, 5) is 18.5. The van der Waals surface area contributed by atoms with Crippen molar-refractivity contribution in [3.63, 3.8) is 0 Å². The largest absolute Gasteiger partial charge is 0.393 e. The highest BCUT2D eigenvalue weighted by Gasteiger charge is 2.37. The molecule has 1 atom stereocenters. The van der Waals surface area contributed by atoms with Crippen molar-refractivity contribution in [3.8, 4) is 0 Å². The molecule has 0 spiro atoms. The second-order valence-electron chi connectivity index (χ2n) is 5.72. The number of aliphatic hydroxyl groups excluding tert-OH is 1. The molecular weight excluding hydrogens is 273 g/mol. The number of fused-ring (bicyclic) bond motifs is 1. The molecule has 0 bridgehead atoms. The van der Waals surface area contributed by atoms with Gasteiger partial charge in [-0.15, -0.1) is 0 Å². The maximum Gasteiger partial charge on any atom is 0.258 e. The van der Waals surface area contributed by atoms with Crippen molar-refractivity contribution in [2.45, 2.75) is 25.6 Å². The zero-order valence-electron chi connectivity index (χ0n) is 11.9. The van der Waals surface area contributed by atoms with E-state index in [1.807, 2.05) is 24.0 Å². The SMILES string of the molecule is Cc1cccc2nc(CN3CCC(F)(CO)C3)cc(=O)n12. The molecule has 0 aliphatic carbocycles. The van der Waals surface area contributed by atoms with Crippen molar-refractivity contribution in [1.29, 1.82) is 0 Å². The highest BCUT2D eigenvalue weighted by Crippen LogP contribution is 2.25. The first-order valence-corrected chi connectivity index (χ1v) is 7.01. The minimum Gasteiger partial charge on any atom is -0.393 e. The number of alkyl halides is 1. The summed E-state index contributed by atoms with van der Waals surface area (Å²) in [5.74, 6) is 0. The van der Waals surface area contributed by atoms with E-state index in [2.05, 4.69) is 4.98 Å². The maximum atomic E-state index is 14.0. The number of hydrogen-bond acceptors (Lipinski definition) is 4. The monoisotopic (exact) mass is 291 g/mol. The predicted molar refractivity (Wildman–Crippen MR) is 77.0 cm³/mol. The van der Waals surface area contributed by atoms with E-state index in [4.69, 9.17) is 5.11 Å². The summed E-state index contributed by atoms with van der Waals surface area (Å²) in [5.41, 5.74) is 0.419. The Kier molecular flexibility index (Phi) is 3.51. The number of rotatable bonds is 3. The van der Waals surface area contributed by atoms with Gasteiger partial charge in [0, 0.05) is 31.4 Å². The Labute approximate surface area is 121 Å². The van der Waals surface area contributed by atoms with Crippen LogP contribution in [-0.4, -0.2) is 44.8 Å². The normalized spacial score (nSPS) is 23.0. The zero-order valence-corrected chi connectivity index (χ0v) is 11.9. The Morgan fingerprint density at radius 2 is 2.29 bits per heavy atom. The van der Waals surface area contributed by atoms with Gasteiger partial charge in [0.15, 0.2) is 0 Å². The standard InChI is InChI=1S/C15H18FN3O2/c1-11-3-2-4-13-17-12(7-14(21)19(11)13)8-18-6-5-15(16,9-18)10-20/h2-4,7,20H,5-6,8-10H2,1H3. The summed E-state index contributed by atoms with van der Waals surface area (Å²) in [7, 11) is 0. The molecule has 1 saturated heterocycles. The molecule has 0 aromatic carbocycles. The number of aliphatic hydroxyl groups is 1. The average molecular weight is 291 g/mol. The van der Waals surface area contributed by atoms with Crippen molar-refractivity contribution in [1.82, 2.24) is 14.3 Å². The molecule has 21 heavy (non-hydrogen) atoms. The van der Waals surface area contributed by atoms with Gasteiger partial charge in [-0.3, -0.25) is 14.1 Å². The van der Waals surface area contributed by atoms with E-state index in [-0.39, 0.29) is 12.1 Å². The van der Waals surface area contributed by atoms with Gasteiger partial charge < -0.3 is 5.11 Å². The van der Waals surface area contributed by atoms with Gasteiger partial charge in [-0.05, 0) is 25.5 Å². The lowest BCUT2D eigenvalue weighted by molar-refractivity contribution is 0.0768. The van der Waals surface area contributed by atoms with Crippen LogP contribution in [0.3, 0.4) is 0 Å². The number of pyridine rings is 1. The van der Waals surface area contributed by atoms with Gasteiger partial charge in [-0.2, -0.15) is 0 Å². The summed E-state index contributed by atoms with van der Waals surface area (Å²) >= 11 is 0. The quantitative estimate of drug-likeness (QED) is 0.913. The molecule has 0 saturated carbocycles. The van der Waals surface area contributed by atoms with Gasteiger partial charge >= 0.3 is 0 Å². The molecule has 1 unspecified atom stereocenters. The molecule has 6 heteroatoms. The van der Waals surface area contributed by atoms with Crippen LogP contribution in [-0.2, 0) is 6.54 Å². The molecule has 1 aliphatic rings. The van der Waals surface area contributed by atoms with Gasteiger partial charge in [0.25, 0.3) is 5.56 Å². The van der Waals surface area contributed by atoms with Crippen LogP contribution in [0, 0.1) is 6.92 Å². The fourth-order valence-electron chi connectivity index (χ4n) is 2.86. The van der Waals surface area contributed by atoms with E-state index < -0.39 is 12.3 Å². The Balaban J connectivity index is 1.88. The lowest BCUT2D eigenvalue weighted by atomic mass is 10.1. The van der Waals surface area contributed by atoms with Crippen molar-refractivity contribution >= 4 is 5.65 Å². The van der Waals surface area contributed by atoms with Crippen LogP contribution in [0.4, 0.5) is 4.39 Å². The van der Waals surface area contributed by atoms with Crippen molar-refractivity contribution in [3.05, 3.63) is 46.0 Å². The van der Waals surface area contributed by atoms with Crippen LogP contribution in [0.25, 0.3) is 5.65 Å². The van der Waals surface area contributed by atoms with Crippen LogP contribution >= 0.6 is 0 Å². The van der Waals surface area contributed by atoms with E-state index in [9.17, 15) is 9.18 Å². The summed E-state index contributed by atoms with van der Waals surface area (Å²) in [5, 5.41) is 9.05. The zero-order chi connectivity index (χ0) is 15.0. The van der Waals surface area contributed by atoms with Crippen molar-refractivity contribution in [2.75, 3.05) is 19.7 Å². The lowest BCUT2D eigenvalue weighted by Gasteiger charge is -2.18. The molecule has 112 valence electrons. The predicted octanol–water partition coefficient (Wildman–Crippen LogP) is 0.909. The number of likely N-dealkylation sites (tertiary alicyclic amines) is 1. The fourth-order valence-corrected chi connectivity index (χ4v) is 2.86. The Bertz CT molecular complexity index is 730. The third-order valence-corrected chi connectivity index (χ3v) is 3.99. The van der Waals surface area contributed by atoms with E-state index in [1.54, 1.807) is 10.5 Å². The van der Waals surface area contributed by atoms with Crippen LogP contribution < -0.4 is 5.56 Å². The molecule has 3 rings (SSSR count). The third kappa shape index (κ3) is 2.69. The van der Waals surface area contributed by atoms with E-state index >= 15 is 0 Å². The van der Waals surface area contributed by atoms with Crippen LogP contribution in [0.2, 0.25) is 0 Å². The number of halogens is 1. The molecular formula is C15H18FN3O2. The second-order valence-corrected chi connectivity index (χ2v) is 5.72. The summed E-state index contributed by atoms with van der Waals surface area (Å²) < 4.78 is 15.6. The number of nitrogens with zero attached hydrogens (tertiary/aromatic N) is 3. The van der Waals surface area contributed by atoms with Gasteiger partial charge in [0.1, 0.15) is 11.3 Å². The van der Waals surface area contributed by atoms with Crippen LogP contribution in [0.15, 0.2) is 29.1 Å². The molecule has 0 radical (unpaired) electrons. The average Bonchev–Trinajstić information content (AvgIpc) is 2.81. The lowest BCUT2D eigenvalue weighted by Crippen LogP contribution is -2.32. The van der Waals surface area contributed by atoms with Gasteiger partial charge in [0.05, 0.1) is 12.3 Å². The minimum absolute atomic E-state index is 0.124. The topological polar surface area (TPSA) is 57.8 Å². The Morgan fingerprint density at radius 3 is 3.00 bits per heavy atom. The molecule has 5 nitrogen and oxygen atoms in total. The first-order chi connectivity index (χ1) is 10.0. The number of aryl methyl sites for hydroxylation is 1. The van der Waals surface area contributed by atoms with Gasteiger partial charge in [0.2, 0.25) is 0 Å². The highest BCUT2D eigenvalue weighted by atomic mass is 19.1. The molecule has 1 N–H and O–H groups in total. The highest BCUT2D eigenvalue weighted by molar-refractivity contribution is 5.40. The second kappa shape index (κ2) is 5.20. The summed E-state index contributed by atoms with van der Waals surface area (Å²) in [6.07, 6.45) is 0.315. The van der Waals surface area contributed by atoms with Gasteiger partial charge in [-0.1, -0.05) is 6.07 Å². The minimum atomic E-state index is -1.53. The Hall–Kier alpha value is -1.79. The fraction of sp³-hybridized carbons (Fsp3) is 0.467. The maximum absolute atomic E-state index is 14.0. The van der Waals surface area contributed by atoms with Crippen molar-refractivity contribution < 1.29 is 9.50 Å². The molecule has 1 aliphatic heterocycles. The molecule has 1 fully saturated rings. The Morgan fingerprint density at radius 1 is 1.48 bits per heavy atom. The molecule has 2 aromatic rings. The third-order valence-electron chi connectivity index (χ3n) is 3.99. The summed E-state index contributed by atoms with van der Waals surface area (Å²) in [6.45, 7) is 2.56.